The van der Waals surface area contributed by atoms with Crippen LogP contribution in [0, 0.1) is 6.92 Å². The Labute approximate surface area is 129 Å². The van der Waals surface area contributed by atoms with Crippen LogP contribution < -0.4 is 10.2 Å². The summed E-state index contributed by atoms with van der Waals surface area (Å²) >= 11 is 11.7. The van der Waals surface area contributed by atoms with Gasteiger partial charge in [-0.3, -0.25) is 0 Å². The monoisotopic (exact) mass is 302 g/mol. The van der Waals surface area contributed by atoms with Gasteiger partial charge in [0.05, 0.1) is 0 Å². The molecule has 0 atom stereocenters. The van der Waals surface area contributed by atoms with Gasteiger partial charge < -0.3 is 10.2 Å². The first-order valence-electron chi connectivity index (χ1n) is 6.58. The van der Waals surface area contributed by atoms with Gasteiger partial charge in [0.15, 0.2) is 5.11 Å². The van der Waals surface area contributed by atoms with Crippen molar-refractivity contribution in [3.05, 3.63) is 58.6 Å². The van der Waals surface area contributed by atoms with Gasteiger partial charge in [-0.25, -0.2) is 0 Å². The Kier molecular flexibility index (Phi) is 3.64. The van der Waals surface area contributed by atoms with E-state index >= 15 is 0 Å². The molecule has 0 radical (unpaired) electrons. The van der Waals surface area contributed by atoms with E-state index in [2.05, 4.69) is 28.4 Å². The van der Waals surface area contributed by atoms with E-state index in [9.17, 15) is 0 Å². The zero-order chi connectivity index (χ0) is 14.1. The van der Waals surface area contributed by atoms with Crippen LogP contribution in [0.1, 0.15) is 11.1 Å². The highest BCUT2D eigenvalue weighted by Gasteiger charge is 2.21. The quantitative estimate of drug-likeness (QED) is 0.786. The zero-order valence-electron chi connectivity index (χ0n) is 11.2. The van der Waals surface area contributed by atoms with E-state index < -0.39 is 0 Å². The second-order valence-electron chi connectivity index (χ2n) is 4.87. The van der Waals surface area contributed by atoms with E-state index in [0.29, 0.717) is 0 Å². The third kappa shape index (κ3) is 2.39. The summed E-state index contributed by atoms with van der Waals surface area (Å²) < 4.78 is 0. The first kappa shape index (κ1) is 13.4. The molecule has 2 nitrogen and oxygen atoms in total. The average molecular weight is 303 g/mol. The average Bonchev–Trinajstić information content (AvgIpc) is 2.88. The molecule has 0 bridgehead atoms. The highest BCUT2D eigenvalue weighted by molar-refractivity contribution is 7.80. The van der Waals surface area contributed by atoms with Crippen LogP contribution in [-0.4, -0.2) is 11.7 Å². The van der Waals surface area contributed by atoms with Gasteiger partial charge in [-0.05, 0) is 54.9 Å². The number of nitrogens with zero attached hydrogens (tertiary/aromatic N) is 1. The second-order valence-corrected chi connectivity index (χ2v) is 5.67. The van der Waals surface area contributed by atoms with Crippen molar-refractivity contribution < 1.29 is 0 Å². The second kappa shape index (κ2) is 5.43. The van der Waals surface area contributed by atoms with Crippen LogP contribution in [0.15, 0.2) is 42.5 Å². The maximum absolute atomic E-state index is 6.14. The summed E-state index contributed by atoms with van der Waals surface area (Å²) in [4.78, 5) is 2.14. The fraction of sp³-hybridized carbons (Fsp3) is 0.188. The lowest BCUT2D eigenvalue weighted by molar-refractivity contribution is 1.03. The molecule has 4 heteroatoms. The molecule has 0 fully saturated rings. The molecule has 0 aromatic heterocycles. The minimum absolute atomic E-state index is 0.723. The highest BCUT2D eigenvalue weighted by Crippen LogP contribution is 2.29. The number of fused-ring (bicyclic) bond motifs is 1. The normalized spacial score (nSPS) is 13.2. The first-order valence-corrected chi connectivity index (χ1v) is 7.37. The molecule has 102 valence electrons. The Morgan fingerprint density at radius 2 is 2.00 bits per heavy atom. The fourth-order valence-corrected chi connectivity index (χ4v) is 2.95. The highest BCUT2D eigenvalue weighted by atomic mass is 35.5. The van der Waals surface area contributed by atoms with E-state index in [-0.39, 0.29) is 0 Å². The lowest BCUT2D eigenvalue weighted by Gasteiger charge is -2.22. The molecule has 0 aliphatic carbocycles. The minimum atomic E-state index is 0.723. The predicted molar refractivity (Wildman–Crippen MR) is 89.9 cm³/mol. The molecule has 2 aromatic rings. The summed E-state index contributed by atoms with van der Waals surface area (Å²) in [5.41, 5.74) is 4.53. The molecule has 0 amide bonds. The summed E-state index contributed by atoms with van der Waals surface area (Å²) in [5.74, 6) is 0. The summed E-state index contributed by atoms with van der Waals surface area (Å²) in [6.45, 7) is 2.91. The molecule has 20 heavy (non-hydrogen) atoms. The zero-order valence-corrected chi connectivity index (χ0v) is 12.8. The molecular formula is C16H15ClN2S. The summed E-state index contributed by atoms with van der Waals surface area (Å²) in [5, 5.41) is 4.78. The number of rotatable bonds is 1. The number of halogens is 1. The van der Waals surface area contributed by atoms with Crippen molar-refractivity contribution >= 4 is 40.3 Å². The van der Waals surface area contributed by atoms with E-state index in [1.807, 2.05) is 31.2 Å². The van der Waals surface area contributed by atoms with Crippen molar-refractivity contribution in [2.24, 2.45) is 0 Å². The SMILES string of the molecule is Cc1c(Cl)cccc1NC(=S)N1CCc2ccccc21. The number of hydrogen-bond acceptors (Lipinski definition) is 1. The number of para-hydroxylation sites is 1. The van der Waals surface area contributed by atoms with E-state index in [1.165, 1.54) is 11.3 Å². The maximum atomic E-state index is 6.14. The van der Waals surface area contributed by atoms with Gasteiger partial charge in [0.2, 0.25) is 0 Å². The van der Waals surface area contributed by atoms with E-state index in [0.717, 1.165) is 34.4 Å². The van der Waals surface area contributed by atoms with Gasteiger partial charge in [0.25, 0.3) is 0 Å². The van der Waals surface area contributed by atoms with Crippen molar-refractivity contribution in [1.29, 1.82) is 0 Å². The van der Waals surface area contributed by atoms with Crippen molar-refractivity contribution in [1.82, 2.24) is 0 Å². The third-order valence-electron chi connectivity index (χ3n) is 3.64. The maximum Gasteiger partial charge on any atom is 0.177 e. The number of thiocarbonyl (C=S) groups is 1. The minimum Gasteiger partial charge on any atom is -0.332 e. The van der Waals surface area contributed by atoms with Crippen molar-refractivity contribution in [2.75, 3.05) is 16.8 Å². The Morgan fingerprint density at radius 1 is 1.20 bits per heavy atom. The Hall–Kier alpha value is -1.58. The molecule has 0 saturated carbocycles. The van der Waals surface area contributed by atoms with Crippen LogP contribution in [0.5, 0.6) is 0 Å². The molecule has 3 rings (SSSR count). The van der Waals surface area contributed by atoms with Gasteiger partial charge in [0.1, 0.15) is 0 Å². The van der Waals surface area contributed by atoms with Crippen molar-refractivity contribution in [3.63, 3.8) is 0 Å². The Balaban J connectivity index is 1.83. The molecule has 2 aromatic carbocycles. The predicted octanol–water partition coefficient (Wildman–Crippen LogP) is 4.41. The van der Waals surface area contributed by atoms with Gasteiger partial charge in [-0.1, -0.05) is 35.9 Å². The van der Waals surface area contributed by atoms with Crippen LogP contribution in [0.2, 0.25) is 5.02 Å². The fourth-order valence-electron chi connectivity index (χ4n) is 2.47. The van der Waals surface area contributed by atoms with Gasteiger partial charge in [-0.15, -0.1) is 0 Å². The molecule has 0 unspecified atom stereocenters. The van der Waals surface area contributed by atoms with Crippen LogP contribution >= 0.6 is 23.8 Å². The van der Waals surface area contributed by atoms with Crippen LogP contribution in [0.3, 0.4) is 0 Å². The third-order valence-corrected chi connectivity index (χ3v) is 4.37. The molecular weight excluding hydrogens is 288 g/mol. The number of anilines is 2. The Morgan fingerprint density at radius 3 is 2.85 bits per heavy atom. The van der Waals surface area contributed by atoms with Crippen molar-refractivity contribution in [2.45, 2.75) is 13.3 Å². The first-order chi connectivity index (χ1) is 9.66. The smallest absolute Gasteiger partial charge is 0.177 e. The molecule has 1 heterocycles. The standard InChI is InChI=1S/C16H15ClN2S/c1-11-13(17)6-4-7-14(11)18-16(20)19-10-9-12-5-2-3-8-15(12)19/h2-8H,9-10H2,1H3,(H,18,20). The largest absolute Gasteiger partial charge is 0.332 e. The topological polar surface area (TPSA) is 15.3 Å². The summed E-state index contributed by atoms with van der Waals surface area (Å²) in [6, 6.07) is 14.2. The lowest BCUT2D eigenvalue weighted by Crippen LogP contribution is -2.33. The number of benzene rings is 2. The van der Waals surface area contributed by atoms with Gasteiger partial charge in [0, 0.05) is 22.9 Å². The number of hydrogen-bond donors (Lipinski definition) is 1. The van der Waals surface area contributed by atoms with Crippen LogP contribution in [-0.2, 0) is 6.42 Å². The number of nitrogens with one attached hydrogen (secondary N) is 1. The molecule has 0 spiro atoms. The molecule has 1 aliphatic heterocycles. The van der Waals surface area contributed by atoms with Crippen LogP contribution in [0.25, 0.3) is 0 Å². The molecule has 1 N–H and O–H groups in total. The summed E-state index contributed by atoms with van der Waals surface area (Å²) in [6.07, 6.45) is 1.03. The van der Waals surface area contributed by atoms with E-state index in [1.54, 1.807) is 0 Å². The molecule has 1 aliphatic rings. The van der Waals surface area contributed by atoms with Gasteiger partial charge >= 0.3 is 0 Å². The summed E-state index contributed by atoms with van der Waals surface area (Å²) in [7, 11) is 0. The molecule has 0 saturated heterocycles. The van der Waals surface area contributed by atoms with Crippen molar-refractivity contribution in [3.8, 4) is 0 Å². The lowest BCUT2D eigenvalue weighted by atomic mass is 10.2. The van der Waals surface area contributed by atoms with E-state index in [4.69, 9.17) is 23.8 Å². The van der Waals surface area contributed by atoms with Gasteiger partial charge in [-0.2, -0.15) is 0 Å². The Bertz CT molecular complexity index is 669. The van der Waals surface area contributed by atoms with Crippen LogP contribution in [0.4, 0.5) is 11.4 Å².